The van der Waals surface area contributed by atoms with Crippen LogP contribution in [0.25, 0.3) is 0 Å². The number of carbonyl (C=O) groups excluding carboxylic acids is 2. The number of nitrogens with one attached hydrogen (secondary N) is 1. The van der Waals surface area contributed by atoms with Crippen molar-refractivity contribution in [2.75, 3.05) is 7.05 Å². The highest BCUT2D eigenvalue weighted by atomic mass is 16.1. The molecule has 0 unspecified atom stereocenters. The Morgan fingerprint density at radius 3 is 2.21 bits per heavy atom. The second-order valence-electron chi connectivity index (χ2n) is 7.96. The number of Topliss-reactive ketones (excluding diaryl/α,β-unsaturated/α-hetero) is 1. The van der Waals surface area contributed by atoms with Crippen molar-refractivity contribution in [2.24, 2.45) is 0 Å². The third kappa shape index (κ3) is 4.33. The minimum atomic E-state index is -0.0618. The molecule has 1 aliphatic rings. The molecule has 0 spiro atoms. The summed E-state index contributed by atoms with van der Waals surface area (Å²) >= 11 is 0. The Morgan fingerprint density at radius 2 is 1.68 bits per heavy atom. The number of hydrogen-bond acceptors (Lipinski definition) is 3. The fourth-order valence-corrected chi connectivity index (χ4v) is 4.11. The number of nitrogens with zero attached hydrogens (tertiary/aromatic N) is 1. The maximum Gasteiger partial charge on any atom is 0.251 e. The van der Waals surface area contributed by atoms with Gasteiger partial charge in [-0.15, -0.1) is 0 Å². The van der Waals surface area contributed by atoms with Gasteiger partial charge in [0.15, 0.2) is 5.78 Å². The van der Waals surface area contributed by atoms with Gasteiger partial charge in [0.1, 0.15) is 0 Å². The summed E-state index contributed by atoms with van der Waals surface area (Å²) in [6.07, 6.45) is 2.44. The van der Waals surface area contributed by atoms with E-state index in [0.717, 1.165) is 29.8 Å². The van der Waals surface area contributed by atoms with Gasteiger partial charge >= 0.3 is 0 Å². The normalized spacial score (nSPS) is 13.6. The fraction of sp³-hybridized carbons (Fsp3) is 0.417. The van der Waals surface area contributed by atoms with Gasteiger partial charge in [-0.05, 0) is 80.5 Å². The second kappa shape index (κ2) is 8.27. The number of rotatable bonds is 7. The molecule has 0 radical (unpaired) electrons. The summed E-state index contributed by atoms with van der Waals surface area (Å²) in [5, 5.41) is 2.66. The molecule has 0 heterocycles. The predicted molar refractivity (Wildman–Crippen MR) is 113 cm³/mol. The van der Waals surface area contributed by atoms with Crippen molar-refractivity contribution in [1.82, 2.24) is 10.2 Å². The van der Waals surface area contributed by atoms with Crippen LogP contribution in [-0.4, -0.2) is 29.7 Å². The Balaban J connectivity index is 1.84. The molecule has 0 atom stereocenters. The maximum atomic E-state index is 12.1. The van der Waals surface area contributed by atoms with E-state index < -0.39 is 0 Å². The minimum Gasteiger partial charge on any atom is -0.355 e. The van der Waals surface area contributed by atoms with Gasteiger partial charge in [-0.25, -0.2) is 0 Å². The van der Waals surface area contributed by atoms with Crippen molar-refractivity contribution in [3.8, 4) is 0 Å². The van der Waals surface area contributed by atoms with Crippen molar-refractivity contribution in [3.63, 3.8) is 0 Å². The van der Waals surface area contributed by atoms with E-state index in [1.165, 1.54) is 29.5 Å². The number of aryl methyl sites for hydroxylation is 2. The summed E-state index contributed by atoms with van der Waals surface area (Å²) in [5.41, 5.74) is 7.45. The van der Waals surface area contributed by atoms with Crippen LogP contribution < -0.4 is 5.32 Å². The van der Waals surface area contributed by atoms with Crippen LogP contribution in [0.2, 0.25) is 0 Å². The molecule has 0 saturated heterocycles. The van der Waals surface area contributed by atoms with Gasteiger partial charge in [0.2, 0.25) is 0 Å². The highest BCUT2D eigenvalue weighted by Gasteiger charge is 2.30. The number of carbonyl (C=O) groups is 2. The quantitative estimate of drug-likeness (QED) is 0.729. The monoisotopic (exact) mass is 378 g/mol. The van der Waals surface area contributed by atoms with Gasteiger partial charge in [-0.2, -0.15) is 0 Å². The molecule has 148 valence electrons. The van der Waals surface area contributed by atoms with Crippen molar-refractivity contribution in [3.05, 3.63) is 69.3 Å². The first-order chi connectivity index (χ1) is 13.3. The van der Waals surface area contributed by atoms with E-state index in [2.05, 4.69) is 30.1 Å². The molecule has 0 aliphatic heterocycles. The first-order valence-electron chi connectivity index (χ1n) is 9.97. The SMILES string of the molecule is CNC(=O)c1ccc(CN(Cc2c(C)cc(C)c(C(C)=O)c2C)C2CC2)cc1. The van der Waals surface area contributed by atoms with E-state index in [-0.39, 0.29) is 11.7 Å². The lowest BCUT2D eigenvalue weighted by atomic mass is 9.91. The van der Waals surface area contributed by atoms with Gasteiger partial charge in [0.05, 0.1) is 0 Å². The summed E-state index contributed by atoms with van der Waals surface area (Å²) in [4.78, 5) is 26.4. The van der Waals surface area contributed by atoms with Crippen LogP contribution in [0.15, 0.2) is 30.3 Å². The van der Waals surface area contributed by atoms with Crippen LogP contribution in [0, 0.1) is 20.8 Å². The summed E-state index contributed by atoms with van der Waals surface area (Å²) in [5.74, 6) is 0.0762. The van der Waals surface area contributed by atoms with Crippen molar-refractivity contribution >= 4 is 11.7 Å². The smallest absolute Gasteiger partial charge is 0.251 e. The van der Waals surface area contributed by atoms with E-state index >= 15 is 0 Å². The summed E-state index contributed by atoms with van der Waals surface area (Å²) < 4.78 is 0. The number of amides is 1. The topological polar surface area (TPSA) is 49.4 Å². The molecule has 2 aromatic carbocycles. The van der Waals surface area contributed by atoms with E-state index in [1.807, 2.05) is 31.2 Å². The first kappa shape index (κ1) is 20.3. The van der Waals surface area contributed by atoms with Crippen LogP contribution in [0.4, 0.5) is 0 Å². The van der Waals surface area contributed by atoms with Gasteiger partial charge in [-0.3, -0.25) is 14.5 Å². The zero-order valence-electron chi connectivity index (χ0n) is 17.6. The largest absolute Gasteiger partial charge is 0.355 e. The molecule has 1 fully saturated rings. The Morgan fingerprint density at radius 1 is 1.04 bits per heavy atom. The van der Waals surface area contributed by atoms with E-state index in [0.29, 0.717) is 11.6 Å². The van der Waals surface area contributed by atoms with Gasteiger partial charge < -0.3 is 5.32 Å². The lowest BCUT2D eigenvalue weighted by Gasteiger charge is -2.25. The number of benzene rings is 2. The van der Waals surface area contributed by atoms with Crippen LogP contribution in [0.5, 0.6) is 0 Å². The molecule has 4 nitrogen and oxygen atoms in total. The molecule has 4 heteroatoms. The molecule has 2 aromatic rings. The van der Waals surface area contributed by atoms with E-state index in [1.54, 1.807) is 14.0 Å². The maximum absolute atomic E-state index is 12.1. The van der Waals surface area contributed by atoms with Gasteiger partial charge in [-0.1, -0.05) is 18.2 Å². The lowest BCUT2D eigenvalue weighted by Crippen LogP contribution is -2.26. The molecular weight excluding hydrogens is 348 g/mol. The molecule has 3 rings (SSSR count). The molecular formula is C24H30N2O2. The van der Waals surface area contributed by atoms with Crippen LogP contribution in [0.3, 0.4) is 0 Å². The zero-order chi connectivity index (χ0) is 20.4. The Hall–Kier alpha value is -2.46. The third-order valence-corrected chi connectivity index (χ3v) is 5.74. The first-order valence-corrected chi connectivity index (χ1v) is 9.97. The zero-order valence-corrected chi connectivity index (χ0v) is 17.6. The highest BCUT2D eigenvalue weighted by molar-refractivity contribution is 5.97. The van der Waals surface area contributed by atoms with Gasteiger partial charge in [0.25, 0.3) is 5.91 Å². The second-order valence-corrected chi connectivity index (χ2v) is 7.96. The lowest BCUT2D eigenvalue weighted by molar-refractivity contribution is 0.0961. The number of hydrogen-bond donors (Lipinski definition) is 1. The third-order valence-electron chi connectivity index (χ3n) is 5.74. The minimum absolute atomic E-state index is 0.0618. The van der Waals surface area contributed by atoms with Crippen LogP contribution in [0.1, 0.15) is 68.3 Å². The molecule has 1 aliphatic carbocycles. The average Bonchev–Trinajstić information content (AvgIpc) is 3.48. The standard InChI is InChI=1S/C24H30N2O2/c1-15-12-16(2)23(18(4)27)17(3)22(15)14-26(21-10-11-21)13-19-6-8-20(9-7-19)24(28)25-5/h6-9,12,21H,10-11,13-14H2,1-5H3,(H,25,28). The summed E-state index contributed by atoms with van der Waals surface area (Å²) in [6.45, 7) is 9.59. The molecule has 0 aromatic heterocycles. The molecule has 0 bridgehead atoms. The Labute approximate surface area is 167 Å². The Bertz CT molecular complexity index is 896. The highest BCUT2D eigenvalue weighted by Crippen LogP contribution is 2.32. The van der Waals surface area contributed by atoms with E-state index in [9.17, 15) is 9.59 Å². The van der Waals surface area contributed by atoms with Gasteiger partial charge in [0, 0.05) is 37.3 Å². The molecule has 1 N–H and O–H groups in total. The molecule has 1 amide bonds. The van der Waals surface area contributed by atoms with E-state index in [4.69, 9.17) is 0 Å². The molecule has 1 saturated carbocycles. The summed E-state index contributed by atoms with van der Waals surface area (Å²) in [7, 11) is 1.65. The summed E-state index contributed by atoms with van der Waals surface area (Å²) in [6, 6.07) is 10.6. The average molecular weight is 379 g/mol. The molecule has 28 heavy (non-hydrogen) atoms. The predicted octanol–water partition coefficient (Wildman–Crippen LogP) is 4.34. The van der Waals surface area contributed by atoms with Crippen molar-refractivity contribution < 1.29 is 9.59 Å². The number of ketones is 1. The van der Waals surface area contributed by atoms with Crippen molar-refractivity contribution in [1.29, 1.82) is 0 Å². The van der Waals surface area contributed by atoms with Crippen LogP contribution in [-0.2, 0) is 13.1 Å². The van der Waals surface area contributed by atoms with Crippen LogP contribution >= 0.6 is 0 Å². The van der Waals surface area contributed by atoms with Crippen molar-refractivity contribution in [2.45, 2.75) is 59.7 Å². The fourth-order valence-electron chi connectivity index (χ4n) is 4.11. The Kier molecular flexibility index (Phi) is 5.99.